The number of para-hydroxylation sites is 1. The minimum atomic E-state index is -0.297. The molecule has 2 rings (SSSR count). The van der Waals surface area contributed by atoms with Gasteiger partial charge < -0.3 is 25.5 Å². The standard InChI is InChI=1S/C20H30N4O3.C2H6/c1-12(10-11-23(3)4)21-16-13(2)18(25)17(16)22-15-9-7-8-14(19(15)26)20(27)24(5)6;1-2/h7-9,12-13,21-22,26H,10-11H2,1-6H3;1-2H3. The van der Waals surface area contributed by atoms with Gasteiger partial charge in [0.05, 0.1) is 17.2 Å². The Bertz CT molecular complexity index is 756. The lowest BCUT2D eigenvalue weighted by Crippen LogP contribution is -2.43. The van der Waals surface area contributed by atoms with Crippen LogP contribution in [0.4, 0.5) is 5.69 Å². The summed E-state index contributed by atoms with van der Waals surface area (Å²) >= 11 is 0. The van der Waals surface area contributed by atoms with Crippen LogP contribution in [-0.2, 0) is 4.79 Å². The molecule has 7 heteroatoms. The topological polar surface area (TPSA) is 84.9 Å². The van der Waals surface area contributed by atoms with Crippen molar-refractivity contribution in [2.75, 3.05) is 40.1 Å². The van der Waals surface area contributed by atoms with Gasteiger partial charge in [0.2, 0.25) is 0 Å². The summed E-state index contributed by atoms with van der Waals surface area (Å²) in [6, 6.07) is 5.10. The van der Waals surface area contributed by atoms with Crippen LogP contribution in [0, 0.1) is 5.92 Å². The highest BCUT2D eigenvalue weighted by atomic mass is 16.3. The van der Waals surface area contributed by atoms with E-state index in [2.05, 4.69) is 22.5 Å². The second-order valence-corrected chi connectivity index (χ2v) is 7.54. The van der Waals surface area contributed by atoms with Gasteiger partial charge in [0.25, 0.3) is 5.91 Å². The van der Waals surface area contributed by atoms with Gasteiger partial charge in [-0.1, -0.05) is 19.9 Å². The van der Waals surface area contributed by atoms with E-state index in [0.29, 0.717) is 11.4 Å². The number of hydrogen-bond acceptors (Lipinski definition) is 6. The highest BCUT2D eigenvalue weighted by Gasteiger charge is 2.37. The van der Waals surface area contributed by atoms with E-state index in [1.807, 2.05) is 34.9 Å². The molecular formula is C22H36N4O3. The van der Waals surface area contributed by atoms with Crippen LogP contribution < -0.4 is 10.6 Å². The van der Waals surface area contributed by atoms with E-state index in [4.69, 9.17) is 0 Å². The first kappa shape index (κ1) is 24.5. The molecule has 0 aromatic heterocycles. The van der Waals surface area contributed by atoms with Crippen molar-refractivity contribution >= 4 is 17.4 Å². The van der Waals surface area contributed by atoms with Gasteiger partial charge in [0.1, 0.15) is 5.70 Å². The predicted octanol–water partition coefficient (Wildman–Crippen LogP) is 2.89. The average Bonchev–Trinajstić information content (AvgIpc) is 2.70. The zero-order valence-electron chi connectivity index (χ0n) is 19.0. The van der Waals surface area contributed by atoms with Crippen LogP contribution in [0.25, 0.3) is 0 Å². The summed E-state index contributed by atoms with van der Waals surface area (Å²) in [6.07, 6.45) is 0.947. The average molecular weight is 405 g/mol. The number of amides is 1. The number of aromatic hydroxyl groups is 1. The fraction of sp³-hybridized carbons (Fsp3) is 0.545. The van der Waals surface area contributed by atoms with Crippen LogP contribution in [0.1, 0.15) is 44.5 Å². The Morgan fingerprint density at radius 3 is 2.38 bits per heavy atom. The predicted molar refractivity (Wildman–Crippen MR) is 118 cm³/mol. The van der Waals surface area contributed by atoms with Crippen molar-refractivity contribution in [3.8, 4) is 5.75 Å². The van der Waals surface area contributed by atoms with Crippen molar-refractivity contribution in [2.24, 2.45) is 5.92 Å². The Balaban J connectivity index is 0.00000204. The summed E-state index contributed by atoms with van der Waals surface area (Å²) in [5.74, 6) is -0.672. The third kappa shape index (κ3) is 5.97. The quantitative estimate of drug-likeness (QED) is 0.578. The molecule has 0 saturated carbocycles. The molecule has 1 aromatic carbocycles. The number of rotatable bonds is 8. The molecule has 2 atom stereocenters. The number of nitrogens with zero attached hydrogens (tertiary/aromatic N) is 2. The monoisotopic (exact) mass is 404 g/mol. The lowest BCUT2D eigenvalue weighted by atomic mass is 9.85. The molecule has 0 aliphatic heterocycles. The molecule has 1 amide bonds. The van der Waals surface area contributed by atoms with Crippen molar-refractivity contribution in [3.63, 3.8) is 0 Å². The zero-order chi connectivity index (χ0) is 22.3. The first-order valence-electron chi connectivity index (χ1n) is 10.1. The normalized spacial score (nSPS) is 16.6. The number of Topliss-reactive ketones (excluding diaryl/α,β-unsaturated/α-hetero) is 1. The Hall–Kier alpha value is -2.54. The number of carbonyl (C=O) groups is 2. The van der Waals surface area contributed by atoms with E-state index < -0.39 is 0 Å². The van der Waals surface area contributed by atoms with E-state index in [1.165, 1.54) is 4.90 Å². The molecule has 0 fully saturated rings. The van der Waals surface area contributed by atoms with Crippen molar-refractivity contribution in [2.45, 2.75) is 40.2 Å². The van der Waals surface area contributed by atoms with Crippen LogP contribution in [0.15, 0.2) is 29.6 Å². The molecule has 0 heterocycles. The number of allylic oxidation sites excluding steroid dienone is 2. The van der Waals surface area contributed by atoms with Crippen LogP contribution in [0.3, 0.4) is 0 Å². The second kappa shape index (κ2) is 10.9. The first-order chi connectivity index (χ1) is 13.6. The number of ketones is 1. The van der Waals surface area contributed by atoms with Gasteiger partial charge in [-0.25, -0.2) is 0 Å². The molecule has 7 nitrogen and oxygen atoms in total. The summed E-state index contributed by atoms with van der Waals surface area (Å²) in [7, 11) is 7.30. The molecule has 0 saturated heterocycles. The Labute approximate surface area is 174 Å². The molecule has 3 N–H and O–H groups in total. The maximum Gasteiger partial charge on any atom is 0.257 e. The number of nitrogens with one attached hydrogen (secondary N) is 2. The third-order valence-electron chi connectivity index (χ3n) is 4.69. The fourth-order valence-corrected chi connectivity index (χ4v) is 2.93. The van der Waals surface area contributed by atoms with Gasteiger partial charge in [0, 0.05) is 25.8 Å². The number of phenols is 1. The van der Waals surface area contributed by atoms with Crippen molar-refractivity contribution in [1.29, 1.82) is 0 Å². The van der Waals surface area contributed by atoms with Gasteiger partial charge in [-0.15, -0.1) is 0 Å². The highest BCUT2D eigenvalue weighted by Crippen LogP contribution is 2.35. The van der Waals surface area contributed by atoms with E-state index >= 15 is 0 Å². The summed E-state index contributed by atoms with van der Waals surface area (Å²) in [5, 5.41) is 16.9. The Morgan fingerprint density at radius 2 is 1.83 bits per heavy atom. The van der Waals surface area contributed by atoms with Crippen LogP contribution in [-0.4, -0.2) is 67.4 Å². The molecule has 0 spiro atoms. The minimum Gasteiger partial charge on any atom is -0.505 e. The van der Waals surface area contributed by atoms with Crippen molar-refractivity contribution in [3.05, 3.63) is 35.2 Å². The summed E-state index contributed by atoms with van der Waals surface area (Å²) in [6.45, 7) is 8.89. The third-order valence-corrected chi connectivity index (χ3v) is 4.69. The van der Waals surface area contributed by atoms with Gasteiger partial charge >= 0.3 is 0 Å². The fourth-order valence-electron chi connectivity index (χ4n) is 2.93. The smallest absolute Gasteiger partial charge is 0.257 e. The molecule has 1 aliphatic carbocycles. The maximum absolute atomic E-state index is 12.3. The number of anilines is 1. The number of hydrogen-bond donors (Lipinski definition) is 3. The molecule has 162 valence electrons. The molecule has 2 unspecified atom stereocenters. The SMILES string of the molecule is CC.CC(CCN(C)C)NC1=C(Nc2cccc(C(=O)N(C)C)c2O)C(=O)C1C. The molecule has 1 aromatic rings. The molecule has 0 radical (unpaired) electrons. The molecule has 29 heavy (non-hydrogen) atoms. The second-order valence-electron chi connectivity index (χ2n) is 7.54. The summed E-state index contributed by atoms with van der Waals surface area (Å²) in [4.78, 5) is 28.0. The van der Waals surface area contributed by atoms with E-state index in [1.54, 1.807) is 32.3 Å². The summed E-state index contributed by atoms with van der Waals surface area (Å²) in [5.41, 5.74) is 1.83. The van der Waals surface area contributed by atoms with Crippen molar-refractivity contribution < 1.29 is 14.7 Å². The van der Waals surface area contributed by atoms with Gasteiger partial charge in [-0.2, -0.15) is 0 Å². The lowest BCUT2D eigenvalue weighted by molar-refractivity contribution is -0.120. The van der Waals surface area contributed by atoms with E-state index in [9.17, 15) is 14.7 Å². The Kier molecular flexibility index (Phi) is 9.17. The number of carbonyl (C=O) groups excluding carboxylic acids is 2. The van der Waals surface area contributed by atoms with Crippen molar-refractivity contribution in [1.82, 2.24) is 15.1 Å². The lowest BCUT2D eigenvalue weighted by Gasteiger charge is -2.33. The zero-order valence-corrected chi connectivity index (χ0v) is 19.0. The van der Waals surface area contributed by atoms with Gasteiger partial charge in [-0.05, 0) is 53.0 Å². The van der Waals surface area contributed by atoms with Crippen LogP contribution >= 0.6 is 0 Å². The molecular weight excluding hydrogens is 368 g/mol. The maximum atomic E-state index is 12.3. The van der Waals surface area contributed by atoms with Gasteiger partial charge in [0.15, 0.2) is 11.5 Å². The number of phenolic OH excluding ortho intramolecular Hbond substituents is 1. The van der Waals surface area contributed by atoms with Crippen LogP contribution in [0.2, 0.25) is 0 Å². The summed E-state index contributed by atoms with van der Waals surface area (Å²) < 4.78 is 0. The van der Waals surface area contributed by atoms with E-state index in [0.717, 1.165) is 18.7 Å². The largest absolute Gasteiger partial charge is 0.505 e. The van der Waals surface area contributed by atoms with Gasteiger partial charge in [-0.3, -0.25) is 9.59 Å². The first-order valence-corrected chi connectivity index (χ1v) is 10.1. The Morgan fingerprint density at radius 1 is 1.21 bits per heavy atom. The minimum absolute atomic E-state index is 0.0129. The highest BCUT2D eigenvalue weighted by molar-refractivity contribution is 6.09. The number of benzene rings is 1. The molecule has 0 bridgehead atoms. The van der Waals surface area contributed by atoms with Crippen LogP contribution in [0.5, 0.6) is 5.75 Å². The molecule has 1 aliphatic rings. The van der Waals surface area contributed by atoms with E-state index in [-0.39, 0.29) is 35.0 Å².